The number of azide groups is 1. The molecule has 0 fully saturated rings. The molecule has 0 aliphatic carbocycles. The second kappa shape index (κ2) is 5.55. The summed E-state index contributed by atoms with van der Waals surface area (Å²) in [5, 5.41) is 5.85. The Balaban J connectivity index is 2.40. The number of pyridine rings is 1. The van der Waals surface area contributed by atoms with Crippen LogP contribution in [0.1, 0.15) is 10.5 Å². The Bertz CT molecular complexity index is 344. The summed E-state index contributed by atoms with van der Waals surface area (Å²) in [7, 11) is 0. The maximum absolute atomic E-state index is 11.3. The van der Waals surface area contributed by atoms with E-state index in [1.54, 1.807) is 24.4 Å². The van der Waals surface area contributed by atoms with Crippen molar-refractivity contribution in [3.63, 3.8) is 0 Å². The molecule has 1 aromatic rings. The molecule has 14 heavy (non-hydrogen) atoms. The van der Waals surface area contributed by atoms with E-state index in [0.717, 1.165) is 0 Å². The summed E-state index contributed by atoms with van der Waals surface area (Å²) in [6.45, 7) is 0.564. The first kappa shape index (κ1) is 10.0. The average molecular weight is 191 g/mol. The van der Waals surface area contributed by atoms with Gasteiger partial charge in [0.25, 0.3) is 5.91 Å². The lowest BCUT2D eigenvalue weighted by Gasteiger charge is -2.00. The number of hydrogen-bond acceptors (Lipinski definition) is 3. The lowest BCUT2D eigenvalue weighted by molar-refractivity contribution is 0.0950. The number of carbonyl (C=O) groups excluding carboxylic acids is 1. The number of aromatic nitrogens is 1. The summed E-state index contributed by atoms with van der Waals surface area (Å²) in [6.07, 6.45) is 1.54. The fourth-order valence-corrected chi connectivity index (χ4v) is 0.852. The fraction of sp³-hybridized carbons (Fsp3) is 0.250. The highest BCUT2D eigenvalue weighted by atomic mass is 16.1. The van der Waals surface area contributed by atoms with Crippen LogP contribution in [0.2, 0.25) is 0 Å². The van der Waals surface area contributed by atoms with Crippen molar-refractivity contribution < 1.29 is 4.79 Å². The molecule has 1 aromatic heterocycles. The van der Waals surface area contributed by atoms with Gasteiger partial charge in [-0.2, -0.15) is 0 Å². The minimum Gasteiger partial charge on any atom is -0.351 e. The van der Waals surface area contributed by atoms with Gasteiger partial charge in [0, 0.05) is 24.2 Å². The molecule has 1 rings (SSSR count). The molecule has 0 atom stereocenters. The number of nitrogens with zero attached hydrogens (tertiary/aromatic N) is 4. The fourth-order valence-electron chi connectivity index (χ4n) is 0.852. The molecule has 0 radical (unpaired) electrons. The molecule has 0 saturated heterocycles. The average Bonchev–Trinajstić information content (AvgIpc) is 2.25. The van der Waals surface area contributed by atoms with Gasteiger partial charge < -0.3 is 5.32 Å². The summed E-state index contributed by atoms with van der Waals surface area (Å²) in [5.41, 5.74) is 8.34. The number of hydrogen-bond donors (Lipinski definition) is 1. The zero-order valence-corrected chi connectivity index (χ0v) is 7.42. The summed E-state index contributed by atoms with van der Waals surface area (Å²) in [6, 6.07) is 5.08. The third-order valence-electron chi connectivity index (χ3n) is 1.46. The molecule has 0 aromatic carbocycles. The van der Waals surface area contributed by atoms with Gasteiger partial charge >= 0.3 is 0 Å². The van der Waals surface area contributed by atoms with Crippen LogP contribution in [-0.4, -0.2) is 24.0 Å². The highest BCUT2D eigenvalue weighted by Gasteiger charge is 2.03. The van der Waals surface area contributed by atoms with E-state index in [9.17, 15) is 4.79 Å². The third-order valence-corrected chi connectivity index (χ3v) is 1.46. The molecular weight excluding hydrogens is 182 g/mol. The number of nitrogens with one attached hydrogen (secondary N) is 1. The van der Waals surface area contributed by atoms with E-state index in [1.165, 1.54) is 0 Å². The van der Waals surface area contributed by atoms with Crippen molar-refractivity contribution in [2.24, 2.45) is 5.11 Å². The highest BCUT2D eigenvalue weighted by Crippen LogP contribution is 1.91. The van der Waals surface area contributed by atoms with Crippen molar-refractivity contribution >= 4 is 5.91 Å². The largest absolute Gasteiger partial charge is 0.351 e. The lowest BCUT2D eigenvalue weighted by Crippen LogP contribution is -2.26. The van der Waals surface area contributed by atoms with Crippen LogP contribution in [-0.2, 0) is 0 Å². The Labute approximate surface area is 80.6 Å². The Kier molecular flexibility index (Phi) is 3.97. The Morgan fingerprint density at radius 3 is 3.14 bits per heavy atom. The summed E-state index contributed by atoms with van der Waals surface area (Å²) in [4.78, 5) is 17.7. The first-order chi connectivity index (χ1) is 6.84. The molecule has 0 aliphatic rings. The smallest absolute Gasteiger partial charge is 0.269 e. The van der Waals surface area contributed by atoms with Crippen LogP contribution in [0.15, 0.2) is 29.5 Å². The predicted molar refractivity (Wildman–Crippen MR) is 50.6 cm³/mol. The van der Waals surface area contributed by atoms with E-state index in [-0.39, 0.29) is 12.5 Å². The van der Waals surface area contributed by atoms with E-state index in [2.05, 4.69) is 20.3 Å². The van der Waals surface area contributed by atoms with Gasteiger partial charge in [-0.25, -0.2) is 0 Å². The van der Waals surface area contributed by atoms with Crippen LogP contribution >= 0.6 is 0 Å². The third kappa shape index (κ3) is 3.12. The molecule has 1 N–H and O–H groups in total. The van der Waals surface area contributed by atoms with E-state index in [0.29, 0.717) is 12.2 Å². The monoisotopic (exact) mass is 191 g/mol. The van der Waals surface area contributed by atoms with Crippen LogP contribution in [0.4, 0.5) is 0 Å². The predicted octanol–water partition coefficient (Wildman–Crippen LogP) is 1.12. The highest BCUT2D eigenvalue weighted by molar-refractivity contribution is 5.92. The van der Waals surface area contributed by atoms with Gasteiger partial charge in [0.1, 0.15) is 5.69 Å². The lowest BCUT2D eigenvalue weighted by atomic mass is 10.3. The molecule has 0 spiro atoms. The van der Waals surface area contributed by atoms with Crippen LogP contribution in [0.3, 0.4) is 0 Å². The topological polar surface area (TPSA) is 90.8 Å². The molecule has 6 nitrogen and oxygen atoms in total. The van der Waals surface area contributed by atoms with Crippen LogP contribution in [0, 0.1) is 0 Å². The Morgan fingerprint density at radius 2 is 2.50 bits per heavy atom. The molecule has 0 bridgehead atoms. The quantitative estimate of drug-likeness (QED) is 0.334. The minimum absolute atomic E-state index is 0.245. The molecule has 72 valence electrons. The van der Waals surface area contributed by atoms with Crippen molar-refractivity contribution in [1.82, 2.24) is 10.3 Å². The van der Waals surface area contributed by atoms with Crippen LogP contribution < -0.4 is 5.32 Å². The first-order valence-electron chi connectivity index (χ1n) is 4.04. The van der Waals surface area contributed by atoms with Crippen molar-refractivity contribution in [3.05, 3.63) is 40.5 Å². The van der Waals surface area contributed by atoms with Crippen LogP contribution in [0.25, 0.3) is 10.4 Å². The molecule has 1 heterocycles. The number of carbonyl (C=O) groups is 1. The molecule has 0 saturated carbocycles. The van der Waals surface area contributed by atoms with Gasteiger partial charge in [-0.15, -0.1) is 0 Å². The zero-order chi connectivity index (χ0) is 10.2. The molecular formula is C8H9N5O. The van der Waals surface area contributed by atoms with Crippen LogP contribution in [0.5, 0.6) is 0 Å². The molecule has 0 aliphatic heterocycles. The van der Waals surface area contributed by atoms with Crippen molar-refractivity contribution in [1.29, 1.82) is 0 Å². The summed E-state index contributed by atoms with van der Waals surface area (Å²) >= 11 is 0. The van der Waals surface area contributed by atoms with Gasteiger partial charge in [0.15, 0.2) is 0 Å². The van der Waals surface area contributed by atoms with E-state index in [4.69, 9.17) is 5.53 Å². The van der Waals surface area contributed by atoms with Crippen molar-refractivity contribution in [2.75, 3.05) is 13.1 Å². The van der Waals surface area contributed by atoms with E-state index < -0.39 is 0 Å². The SMILES string of the molecule is [N-]=[N+]=NCCNC(=O)c1ccccn1. The summed E-state index contributed by atoms with van der Waals surface area (Å²) < 4.78 is 0. The molecule has 6 heteroatoms. The minimum atomic E-state index is -0.265. The van der Waals surface area contributed by atoms with Crippen molar-refractivity contribution in [2.45, 2.75) is 0 Å². The second-order valence-electron chi connectivity index (χ2n) is 2.43. The maximum atomic E-state index is 11.3. The van der Waals surface area contributed by atoms with E-state index in [1.807, 2.05) is 0 Å². The number of amides is 1. The van der Waals surface area contributed by atoms with Gasteiger partial charge in [-0.05, 0) is 17.7 Å². The van der Waals surface area contributed by atoms with Gasteiger partial charge in [0.2, 0.25) is 0 Å². The Morgan fingerprint density at radius 1 is 1.64 bits per heavy atom. The summed E-state index contributed by atoms with van der Waals surface area (Å²) in [5.74, 6) is -0.265. The zero-order valence-electron chi connectivity index (χ0n) is 7.42. The van der Waals surface area contributed by atoms with Crippen molar-refractivity contribution in [3.8, 4) is 0 Å². The van der Waals surface area contributed by atoms with E-state index >= 15 is 0 Å². The number of rotatable bonds is 4. The Hall–Kier alpha value is -2.07. The van der Waals surface area contributed by atoms with Gasteiger partial charge in [-0.1, -0.05) is 11.2 Å². The molecule has 0 unspecified atom stereocenters. The second-order valence-corrected chi connectivity index (χ2v) is 2.43. The van der Waals surface area contributed by atoms with Gasteiger partial charge in [0.05, 0.1) is 0 Å². The molecule has 1 amide bonds. The maximum Gasteiger partial charge on any atom is 0.269 e. The normalized spacial score (nSPS) is 8.86. The standard InChI is InChI=1S/C8H9N5O/c9-13-12-6-5-11-8(14)7-3-1-2-4-10-7/h1-4H,5-6H2,(H,11,14). The first-order valence-corrected chi connectivity index (χ1v) is 4.04. The van der Waals surface area contributed by atoms with Gasteiger partial charge in [-0.3, -0.25) is 9.78 Å².